The van der Waals surface area contributed by atoms with Crippen LogP contribution >= 0.6 is 0 Å². The molecule has 4 rings (SSSR count). The molecule has 33 heavy (non-hydrogen) atoms. The number of hydrogen-bond acceptors (Lipinski definition) is 5. The Morgan fingerprint density at radius 2 is 1.97 bits per heavy atom. The number of anilines is 1. The largest absolute Gasteiger partial charge is 0.480 e. The minimum atomic E-state index is -4.34. The lowest BCUT2D eigenvalue weighted by Gasteiger charge is -2.42. The molecule has 0 bridgehead atoms. The predicted molar refractivity (Wildman–Crippen MR) is 119 cm³/mol. The number of aliphatic carboxylic acids is 1. The second kappa shape index (κ2) is 9.80. The highest BCUT2D eigenvalue weighted by Crippen LogP contribution is 2.44. The van der Waals surface area contributed by atoms with Gasteiger partial charge in [0.2, 0.25) is 0 Å². The van der Waals surface area contributed by atoms with Crippen molar-refractivity contribution in [1.29, 1.82) is 0 Å². The molecule has 0 aliphatic carbocycles. The Bertz CT molecular complexity index is 857. The third-order valence-electron chi connectivity index (χ3n) is 7.49. The number of carboxylic acids is 1. The van der Waals surface area contributed by atoms with Crippen molar-refractivity contribution in [2.24, 2.45) is 11.8 Å². The van der Waals surface area contributed by atoms with Crippen LogP contribution in [0.1, 0.15) is 55.3 Å². The number of benzene rings is 1. The van der Waals surface area contributed by atoms with E-state index in [0.717, 1.165) is 29.5 Å². The van der Waals surface area contributed by atoms with Gasteiger partial charge in [-0.3, -0.25) is 4.79 Å². The SMILES string of the molecule is Cc1cc2c(c([C@@H](C)NC3CCCNC3C(=O)O)c1)CC(C1CCOCC1)C(C(F)(F)F)N2. The van der Waals surface area contributed by atoms with E-state index in [0.29, 0.717) is 44.7 Å². The molecule has 0 saturated carbocycles. The van der Waals surface area contributed by atoms with Crippen LogP contribution < -0.4 is 16.0 Å². The van der Waals surface area contributed by atoms with E-state index in [4.69, 9.17) is 4.74 Å². The maximum Gasteiger partial charge on any atom is 0.408 e. The highest BCUT2D eigenvalue weighted by Gasteiger charge is 2.50. The fourth-order valence-corrected chi connectivity index (χ4v) is 5.86. The molecule has 0 aromatic heterocycles. The number of rotatable bonds is 5. The number of nitrogens with one attached hydrogen (secondary N) is 3. The summed E-state index contributed by atoms with van der Waals surface area (Å²) in [4.78, 5) is 11.7. The lowest BCUT2D eigenvalue weighted by molar-refractivity contribution is -0.161. The van der Waals surface area contributed by atoms with Gasteiger partial charge in [-0.25, -0.2) is 0 Å². The molecule has 2 fully saturated rings. The van der Waals surface area contributed by atoms with Crippen molar-refractivity contribution in [2.45, 2.75) is 76.3 Å². The number of piperidine rings is 1. The van der Waals surface area contributed by atoms with Gasteiger partial charge in [0.15, 0.2) is 0 Å². The van der Waals surface area contributed by atoms with Gasteiger partial charge in [-0.15, -0.1) is 0 Å². The molecular formula is C24H34F3N3O3. The summed E-state index contributed by atoms with van der Waals surface area (Å²) < 4.78 is 47.6. The van der Waals surface area contributed by atoms with E-state index in [1.54, 1.807) is 6.07 Å². The Morgan fingerprint density at radius 1 is 1.24 bits per heavy atom. The van der Waals surface area contributed by atoms with Crippen molar-refractivity contribution < 1.29 is 27.8 Å². The van der Waals surface area contributed by atoms with E-state index in [2.05, 4.69) is 16.0 Å². The van der Waals surface area contributed by atoms with Crippen LogP contribution in [-0.4, -0.2) is 55.1 Å². The van der Waals surface area contributed by atoms with Crippen LogP contribution in [0.3, 0.4) is 0 Å². The maximum absolute atomic E-state index is 14.1. The zero-order valence-corrected chi connectivity index (χ0v) is 19.2. The van der Waals surface area contributed by atoms with Gasteiger partial charge in [0.1, 0.15) is 12.1 Å². The molecule has 3 aliphatic heterocycles. The van der Waals surface area contributed by atoms with E-state index >= 15 is 0 Å². The van der Waals surface area contributed by atoms with Crippen LogP contribution in [0, 0.1) is 18.8 Å². The molecule has 0 spiro atoms. The molecule has 4 N–H and O–H groups in total. The minimum absolute atomic E-state index is 0.0534. The number of carbonyl (C=O) groups is 1. The first-order chi connectivity index (χ1) is 15.6. The topological polar surface area (TPSA) is 82.6 Å². The van der Waals surface area contributed by atoms with Crippen molar-refractivity contribution in [3.63, 3.8) is 0 Å². The van der Waals surface area contributed by atoms with Gasteiger partial charge in [0.05, 0.1) is 0 Å². The summed E-state index contributed by atoms with van der Waals surface area (Å²) in [6.45, 7) is 5.53. The fourth-order valence-electron chi connectivity index (χ4n) is 5.86. The standard InChI is InChI=1S/C24H34F3N3O3/c1-13-10-16(14(2)29-19-4-3-7-28-21(19)23(31)32)18-12-17(15-5-8-33-9-6-15)22(24(25,26)27)30-20(18)11-13/h10-11,14-15,17,19,21-22,28-30H,3-9,12H2,1-2H3,(H,31,32)/t14-,17?,19?,21?,22?/m1/s1. The van der Waals surface area contributed by atoms with Crippen LogP contribution in [0.5, 0.6) is 0 Å². The van der Waals surface area contributed by atoms with Gasteiger partial charge in [-0.05, 0) is 87.1 Å². The molecule has 2 saturated heterocycles. The second-order valence-electron chi connectivity index (χ2n) is 9.77. The predicted octanol–water partition coefficient (Wildman–Crippen LogP) is 3.79. The first kappa shape index (κ1) is 24.3. The maximum atomic E-state index is 14.1. The molecule has 184 valence electrons. The highest BCUT2D eigenvalue weighted by molar-refractivity contribution is 5.74. The van der Waals surface area contributed by atoms with Crippen molar-refractivity contribution >= 4 is 11.7 Å². The second-order valence-corrected chi connectivity index (χ2v) is 9.77. The number of fused-ring (bicyclic) bond motifs is 1. The Kier molecular flexibility index (Phi) is 7.21. The first-order valence-corrected chi connectivity index (χ1v) is 11.9. The van der Waals surface area contributed by atoms with Gasteiger partial charge < -0.3 is 25.8 Å². The Labute approximate surface area is 192 Å². The number of halogens is 3. The molecule has 0 amide bonds. The Hall–Kier alpha value is -1.84. The zero-order valence-electron chi connectivity index (χ0n) is 19.2. The average Bonchev–Trinajstić information content (AvgIpc) is 2.78. The van der Waals surface area contributed by atoms with E-state index in [1.165, 1.54) is 0 Å². The molecule has 0 radical (unpaired) electrons. The van der Waals surface area contributed by atoms with Gasteiger partial charge in [0, 0.05) is 31.0 Å². The quantitative estimate of drug-likeness (QED) is 0.525. The number of ether oxygens (including phenoxy) is 1. The Balaban J connectivity index is 1.64. The minimum Gasteiger partial charge on any atom is -0.480 e. The van der Waals surface area contributed by atoms with Gasteiger partial charge in [-0.1, -0.05) is 6.07 Å². The van der Waals surface area contributed by atoms with E-state index in [-0.39, 0.29) is 18.0 Å². The summed E-state index contributed by atoms with van der Waals surface area (Å²) in [5, 5.41) is 19.0. The van der Waals surface area contributed by atoms with Crippen LogP contribution in [0.2, 0.25) is 0 Å². The van der Waals surface area contributed by atoms with Crippen LogP contribution in [0.4, 0.5) is 18.9 Å². The highest BCUT2D eigenvalue weighted by atomic mass is 19.4. The smallest absolute Gasteiger partial charge is 0.408 e. The zero-order chi connectivity index (χ0) is 23.8. The summed E-state index contributed by atoms with van der Waals surface area (Å²) >= 11 is 0. The molecule has 6 nitrogen and oxygen atoms in total. The first-order valence-electron chi connectivity index (χ1n) is 11.9. The average molecular weight is 470 g/mol. The van der Waals surface area contributed by atoms with Crippen LogP contribution in [0.15, 0.2) is 12.1 Å². The van der Waals surface area contributed by atoms with Crippen molar-refractivity contribution in [2.75, 3.05) is 25.1 Å². The Morgan fingerprint density at radius 3 is 2.64 bits per heavy atom. The summed E-state index contributed by atoms with van der Waals surface area (Å²) in [6, 6.07) is 1.14. The summed E-state index contributed by atoms with van der Waals surface area (Å²) in [5.41, 5.74) is 3.28. The van der Waals surface area contributed by atoms with Crippen LogP contribution in [-0.2, 0) is 16.0 Å². The van der Waals surface area contributed by atoms with Gasteiger partial charge >= 0.3 is 12.1 Å². The number of alkyl halides is 3. The molecule has 5 atom stereocenters. The molecule has 4 unspecified atom stereocenters. The molecular weight excluding hydrogens is 435 g/mol. The fraction of sp³-hybridized carbons (Fsp3) is 0.708. The number of carboxylic acid groups (broad SMARTS) is 1. The van der Waals surface area contributed by atoms with E-state index in [9.17, 15) is 23.1 Å². The lowest BCUT2D eigenvalue weighted by Crippen LogP contribution is -2.56. The third kappa shape index (κ3) is 5.30. The normalized spacial score (nSPS) is 29.7. The summed E-state index contributed by atoms with van der Waals surface area (Å²) in [7, 11) is 0. The van der Waals surface area contributed by atoms with Gasteiger partial charge in [0.25, 0.3) is 0 Å². The van der Waals surface area contributed by atoms with Crippen molar-refractivity contribution in [3.05, 3.63) is 28.8 Å². The number of aryl methyl sites for hydroxylation is 1. The molecule has 1 aromatic carbocycles. The summed E-state index contributed by atoms with van der Waals surface area (Å²) in [6.07, 6.45) is -1.10. The number of hydrogen-bond donors (Lipinski definition) is 4. The molecule has 3 heterocycles. The van der Waals surface area contributed by atoms with Gasteiger partial charge in [-0.2, -0.15) is 13.2 Å². The summed E-state index contributed by atoms with van der Waals surface area (Å²) in [5.74, 6) is -1.50. The van der Waals surface area contributed by atoms with E-state index in [1.807, 2.05) is 19.9 Å². The van der Waals surface area contributed by atoms with E-state index < -0.39 is 30.1 Å². The lowest BCUT2D eigenvalue weighted by atomic mass is 9.73. The molecule has 1 aromatic rings. The molecule has 3 aliphatic rings. The third-order valence-corrected chi connectivity index (χ3v) is 7.49. The van der Waals surface area contributed by atoms with Crippen molar-refractivity contribution in [3.8, 4) is 0 Å². The van der Waals surface area contributed by atoms with Crippen molar-refractivity contribution in [1.82, 2.24) is 10.6 Å². The molecule has 9 heteroatoms. The van der Waals surface area contributed by atoms with Crippen LogP contribution in [0.25, 0.3) is 0 Å². The monoisotopic (exact) mass is 469 g/mol.